The third-order valence-corrected chi connectivity index (χ3v) is 3.88. The Kier molecular flexibility index (Phi) is 3.93. The quantitative estimate of drug-likeness (QED) is 0.717. The molecular formula is C14H19ClFN. The van der Waals surface area contributed by atoms with Crippen LogP contribution in [0.5, 0.6) is 0 Å². The van der Waals surface area contributed by atoms with Gasteiger partial charge in [0, 0.05) is 24.2 Å². The van der Waals surface area contributed by atoms with Crippen molar-refractivity contribution in [2.75, 3.05) is 11.4 Å². The number of anilines is 1. The first-order valence-electron chi connectivity index (χ1n) is 6.22. The monoisotopic (exact) mass is 255 g/mol. The van der Waals surface area contributed by atoms with Crippen LogP contribution in [-0.2, 0) is 5.88 Å². The average molecular weight is 256 g/mol. The third-order valence-electron chi connectivity index (χ3n) is 3.57. The van der Waals surface area contributed by atoms with E-state index < -0.39 is 0 Å². The molecule has 94 valence electrons. The smallest absolute Gasteiger partial charge is 0.125 e. The Bertz CT molecular complexity index is 394. The van der Waals surface area contributed by atoms with Gasteiger partial charge in [-0.05, 0) is 49.4 Å². The maximum absolute atomic E-state index is 13.5. The van der Waals surface area contributed by atoms with Crippen LogP contribution >= 0.6 is 11.6 Å². The molecule has 2 atom stereocenters. The van der Waals surface area contributed by atoms with E-state index in [1.54, 1.807) is 6.07 Å². The van der Waals surface area contributed by atoms with Crippen molar-refractivity contribution in [3.05, 3.63) is 29.6 Å². The first-order valence-corrected chi connectivity index (χ1v) is 6.75. The topological polar surface area (TPSA) is 3.24 Å². The van der Waals surface area contributed by atoms with E-state index >= 15 is 0 Å². The van der Waals surface area contributed by atoms with Gasteiger partial charge in [-0.1, -0.05) is 6.92 Å². The van der Waals surface area contributed by atoms with E-state index in [1.807, 2.05) is 6.07 Å². The van der Waals surface area contributed by atoms with Crippen molar-refractivity contribution in [2.45, 2.75) is 38.6 Å². The Labute approximate surface area is 108 Å². The van der Waals surface area contributed by atoms with Crippen LogP contribution in [0.4, 0.5) is 10.1 Å². The van der Waals surface area contributed by atoms with Crippen molar-refractivity contribution < 1.29 is 4.39 Å². The molecule has 1 saturated heterocycles. The number of nitrogens with zero attached hydrogens (tertiary/aromatic N) is 1. The largest absolute Gasteiger partial charge is 0.369 e. The highest BCUT2D eigenvalue weighted by Gasteiger charge is 2.23. The van der Waals surface area contributed by atoms with Gasteiger partial charge < -0.3 is 4.90 Å². The van der Waals surface area contributed by atoms with E-state index in [2.05, 4.69) is 18.7 Å². The number of piperidine rings is 1. The number of rotatable bonds is 2. The molecule has 2 unspecified atom stereocenters. The zero-order valence-electron chi connectivity index (χ0n) is 10.4. The second-order valence-corrected chi connectivity index (χ2v) is 5.39. The number of alkyl halides is 1. The van der Waals surface area contributed by atoms with Gasteiger partial charge in [0.05, 0.1) is 0 Å². The van der Waals surface area contributed by atoms with Crippen LogP contribution in [-0.4, -0.2) is 12.6 Å². The minimum atomic E-state index is -0.191. The standard InChI is InChI=1S/C14H19ClFN/c1-10-3-4-17(11(2)5-10)14-7-12(9-15)6-13(16)8-14/h6-8,10-11H,3-5,9H2,1-2H3. The molecular weight excluding hydrogens is 237 g/mol. The summed E-state index contributed by atoms with van der Waals surface area (Å²) < 4.78 is 13.5. The lowest BCUT2D eigenvalue weighted by molar-refractivity contribution is 0.377. The number of halogens is 2. The van der Waals surface area contributed by atoms with Gasteiger partial charge in [-0.15, -0.1) is 11.6 Å². The predicted molar refractivity (Wildman–Crippen MR) is 71.2 cm³/mol. The number of benzene rings is 1. The summed E-state index contributed by atoms with van der Waals surface area (Å²) in [5, 5.41) is 0. The molecule has 1 aliphatic heterocycles. The fraction of sp³-hybridized carbons (Fsp3) is 0.571. The Balaban J connectivity index is 2.24. The van der Waals surface area contributed by atoms with Crippen LogP contribution in [0.25, 0.3) is 0 Å². The molecule has 1 fully saturated rings. The molecule has 0 aliphatic carbocycles. The second-order valence-electron chi connectivity index (χ2n) is 5.12. The minimum absolute atomic E-state index is 0.191. The van der Waals surface area contributed by atoms with Crippen molar-refractivity contribution in [3.63, 3.8) is 0 Å². The van der Waals surface area contributed by atoms with Crippen molar-refractivity contribution in [1.82, 2.24) is 0 Å². The Hall–Kier alpha value is -0.760. The van der Waals surface area contributed by atoms with Crippen LogP contribution in [0.3, 0.4) is 0 Å². The Morgan fingerprint density at radius 3 is 2.76 bits per heavy atom. The highest BCUT2D eigenvalue weighted by atomic mass is 35.5. The molecule has 17 heavy (non-hydrogen) atoms. The molecule has 1 aliphatic rings. The van der Waals surface area contributed by atoms with Gasteiger partial charge in [-0.3, -0.25) is 0 Å². The molecule has 1 aromatic carbocycles. The van der Waals surface area contributed by atoms with Gasteiger partial charge in [0.2, 0.25) is 0 Å². The number of hydrogen-bond donors (Lipinski definition) is 0. The lowest BCUT2D eigenvalue weighted by Gasteiger charge is -2.38. The Morgan fingerprint density at radius 1 is 1.35 bits per heavy atom. The van der Waals surface area contributed by atoms with Crippen LogP contribution in [0.15, 0.2) is 18.2 Å². The van der Waals surface area contributed by atoms with E-state index in [0.717, 1.165) is 23.7 Å². The first kappa shape index (κ1) is 12.7. The zero-order valence-corrected chi connectivity index (χ0v) is 11.2. The summed E-state index contributed by atoms with van der Waals surface area (Å²) in [4.78, 5) is 2.29. The molecule has 1 heterocycles. The fourth-order valence-corrected chi connectivity index (χ4v) is 2.82. The summed E-state index contributed by atoms with van der Waals surface area (Å²) in [6.45, 7) is 5.50. The zero-order chi connectivity index (χ0) is 12.4. The van der Waals surface area contributed by atoms with E-state index in [1.165, 1.54) is 18.9 Å². The fourth-order valence-electron chi connectivity index (χ4n) is 2.67. The lowest BCUT2D eigenvalue weighted by atomic mass is 9.93. The summed E-state index contributed by atoms with van der Waals surface area (Å²) in [6.07, 6.45) is 2.35. The molecule has 0 saturated carbocycles. The summed E-state index contributed by atoms with van der Waals surface area (Å²) >= 11 is 5.78. The maximum Gasteiger partial charge on any atom is 0.125 e. The van der Waals surface area contributed by atoms with Crippen LogP contribution in [0.2, 0.25) is 0 Å². The lowest BCUT2D eigenvalue weighted by Crippen LogP contribution is -2.40. The molecule has 0 radical (unpaired) electrons. The summed E-state index contributed by atoms with van der Waals surface area (Å²) in [6, 6.07) is 5.60. The second kappa shape index (κ2) is 5.26. The summed E-state index contributed by atoms with van der Waals surface area (Å²) in [5.41, 5.74) is 1.83. The SMILES string of the molecule is CC1CCN(c2cc(F)cc(CCl)c2)C(C)C1. The molecule has 0 aromatic heterocycles. The third kappa shape index (κ3) is 2.92. The first-order chi connectivity index (χ1) is 8.10. The summed E-state index contributed by atoms with van der Waals surface area (Å²) in [7, 11) is 0. The van der Waals surface area contributed by atoms with Crippen molar-refractivity contribution >= 4 is 17.3 Å². The molecule has 2 rings (SSSR count). The summed E-state index contributed by atoms with van der Waals surface area (Å²) in [5.74, 6) is 0.940. The van der Waals surface area contributed by atoms with Crippen LogP contribution in [0.1, 0.15) is 32.3 Å². The van der Waals surface area contributed by atoms with E-state index in [9.17, 15) is 4.39 Å². The van der Waals surface area contributed by atoms with Gasteiger partial charge in [0.1, 0.15) is 5.82 Å². The van der Waals surface area contributed by atoms with Crippen LogP contribution < -0.4 is 4.90 Å². The molecule has 0 amide bonds. The highest BCUT2D eigenvalue weighted by Crippen LogP contribution is 2.29. The molecule has 0 bridgehead atoms. The van der Waals surface area contributed by atoms with Gasteiger partial charge >= 0.3 is 0 Å². The van der Waals surface area contributed by atoms with E-state index in [0.29, 0.717) is 11.9 Å². The molecule has 0 spiro atoms. The van der Waals surface area contributed by atoms with Gasteiger partial charge in [0.15, 0.2) is 0 Å². The molecule has 3 heteroatoms. The van der Waals surface area contributed by atoms with Crippen molar-refractivity contribution in [2.24, 2.45) is 5.92 Å². The van der Waals surface area contributed by atoms with E-state index in [4.69, 9.17) is 11.6 Å². The minimum Gasteiger partial charge on any atom is -0.369 e. The molecule has 0 N–H and O–H groups in total. The van der Waals surface area contributed by atoms with Crippen LogP contribution in [0, 0.1) is 11.7 Å². The Morgan fingerprint density at radius 2 is 2.12 bits per heavy atom. The molecule has 1 aromatic rings. The normalized spacial score (nSPS) is 25.1. The molecule has 1 nitrogen and oxygen atoms in total. The van der Waals surface area contributed by atoms with Gasteiger partial charge in [-0.2, -0.15) is 0 Å². The van der Waals surface area contributed by atoms with Gasteiger partial charge in [-0.25, -0.2) is 4.39 Å². The highest BCUT2D eigenvalue weighted by molar-refractivity contribution is 6.17. The number of hydrogen-bond acceptors (Lipinski definition) is 1. The predicted octanol–water partition coefficient (Wildman–Crippen LogP) is 4.19. The van der Waals surface area contributed by atoms with Gasteiger partial charge in [0.25, 0.3) is 0 Å². The van der Waals surface area contributed by atoms with E-state index in [-0.39, 0.29) is 5.82 Å². The maximum atomic E-state index is 13.5. The average Bonchev–Trinajstić information content (AvgIpc) is 2.28. The van der Waals surface area contributed by atoms with Crippen molar-refractivity contribution in [3.8, 4) is 0 Å². The van der Waals surface area contributed by atoms with Crippen molar-refractivity contribution in [1.29, 1.82) is 0 Å².